The van der Waals surface area contributed by atoms with Crippen molar-refractivity contribution in [2.24, 2.45) is 0 Å². The average Bonchev–Trinajstić information content (AvgIpc) is 3.39. The first-order chi connectivity index (χ1) is 14.3. The Labute approximate surface area is 172 Å². The second kappa shape index (κ2) is 7.75. The van der Waals surface area contributed by atoms with E-state index >= 15 is 0 Å². The molecule has 0 atom stereocenters. The molecular formula is C21H13F4N3OS. The number of hydrogen-bond donors (Lipinski definition) is 1. The van der Waals surface area contributed by atoms with E-state index in [4.69, 9.17) is 0 Å². The molecule has 4 nitrogen and oxygen atoms in total. The lowest BCUT2D eigenvalue weighted by Gasteiger charge is -2.09. The first-order valence-corrected chi connectivity index (χ1v) is 9.58. The number of thiophene rings is 1. The number of hydrogen-bond acceptors (Lipinski definition) is 3. The number of para-hydroxylation sites is 1. The van der Waals surface area contributed by atoms with Crippen molar-refractivity contribution in [2.45, 2.75) is 6.18 Å². The minimum Gasteiger partial charge on any atom is -0.319 e. The van der Waals surface area contributed by atoms with Crippen molar-refractivity contribution in [3.8, 4) is 16.3 Å². The Hall–Kier alpha value is -3.46. The molecule has 1 N–H and O–H groups in total. The fourth-order valence-electron chi connectivity index (χ4n) is 2.83. The molecule has 0 radical (unpaired) electrons. The standard InChI is InChI=1S/C21H13F4N3OS/c22-15-4-1-2-5-16(15)26-20(29)13-7-9-14(10-8-13)28-17(18-6-3-11-30-18)12-19(27-28)21(23,24)25/h1-12H,(H,26,29). The van der Waals surface area contributed by atoms with Gasteiger partial charge in [0.15, 0.2) is 5.69 Å². The van der Waals surface area contributed by atoms with Gasteiger partial charge in [0, 0.05) is 5.56 Å². The highest BCUT2D eigenvalue weighted by atomic mass is 32.1. The largest absolute Gasteiger partial charge is 0.435 e. The fraction of sp³-hybridized carbons (Fsp3) is 0.0476. The van der Waals surface area contributed by atoms with E-state index in [1.807, 2.05) is 0 Å². The molecule has 152 valence electrons. The second-order valence-electron chi connectivity index (χ2n) is 6.28. The van der Waals surface area contributed by atoms with Gasteiger partial charge >= 0.3 is 6.18 Å². The van der Waals surface area contributed by atoms with Crippen LogP contribution in [0.3, 0.4) is 0 Å². The predicted octanol–water partition coefficient (Wildman–Crippen LogP) is 6.01. The number of anilines is 1. The maximum absolute atomic E-state index is 13.7. The van der Waals surface area contributed by atoms with Gasteiger partial charge in [0.1, 0.15) is 5.82 Å². The van der Waals surface area contributed by atoms with E-state index in [9.17, 15) is 22.4 Å². The third kappa shape index (κ3) is 3.97. The number of alkyl halides is 3. The molecule has 0 unspecified atom stereocenters. The summed E-state index contributed by atoms with van der Waals surface area (Å²) in [6.45, 7) is 0. The summed E-state index contributed by atoms with van der Waals surface area (Å²) in [6.07, 6.45) is -4.59. The Morgan fingerprint density at radius 2 is 1.73 bits per heavy atom. The molecule has 9 heteroatoms. The summed E-state index contributed by atoms with van der Waals surface area (Å²) in [7, 11) is 0. The van der Waals surface area contributed by atoms with E-state index in [1.165, 1.54) is 58.5 Å². The summed E-state index contributed by atoms with van der Waals surface area (Å²) in [5.41, 5.74) is -0.0965. The maximum atomic E-state index is 13.7. The molecule has 2 heterocycles. The van der Waals surface area contributed by atoms with Crippen molar-refractivity contribution < 1.29 is 22.4 Å². The van der Waals surface area contributed by atoms with Crippen LogP contribution in [0.1, 0.15) is 16.1 Å². The van der Waals surface area contributed by atoms with Crippen LogP contribution in [0, 0.1) is 5.82 Å². The Balaban J connectivity index is 1.65. The summed E-state index contributed by atoms with van der Waals surface area (Å²) < 4.78 is 54.5. The van der Waals surface area contributed by atoms with Crippen molar-refractivity contribution in [3.63, 3.8) is 0 Å². The zero-order chi connectivity index (χ0) is 21.3. The predicted molar refractivity (Wildman–Crippen MR) is 106 cm³/mol. The number of benzene rings is 2. The van der Waals surface area contributed by atoms with Crippen molar-refractivity contribution in [1.29, 1.82) is 0 Å². The van der Waals surface area contributed by atoms with Crippen LogP contribution in [0.25, 0.3) is 16.3 Å². The molecule has 0 bridgehead atoms. The van der Waals surface area contributed by atoms with Gasteiger partial charge in [-0.25, -0.2) is 9.07 Å². The van der Waals surface area contributed by atoms with Gasteiger partial charge in [-0.2, -0.15) is 18.3 Å². The number of carbonyl (C=O) groups excluding carboxylic acids is 1. The molecule has 2 aromatic carbocycles. The molecule has 0 spiro atoms. The minimum absolute atomic E-state index is 0.0356. The number of aromatic nitrogens is 2. The zero-order valence-corrected chi connectivity index (χ0v) is 16.0. The number of rotatable bonds is 4. The normalized spacial score (nSPS) is 11.5. The number of halogens is 4. The lowest BCUT2D eigenvalue weighted by molar-refractivity contribution is -0.141. The quantitative estimate of drug-likeness (QED) is 0.402. The van der Waals surface area contributed by atoms with Gasteiger partial charge in [0.25, 0.3) is 5.91 Å². The highest BCUT2D eigenvalue weighted by Crippen LogP contribution is 2.34. The van der Waals surface area contributed by atoms with Crippen LogP contribution in [0.15, 0.2) is 72.1 Å². The summed E-state index contributed by atoms with van der Waals surface area (Å²) in [5.74, 6) is -1.11. The monoisotopic (exact) mass is 431 g/mol. The Kier molecular flexibility index (Phi) is 5.13. The van der Waals surface area contributed by atoms with Gasteiger partial charge in [-0.15, -0.1) is 11.3 Å². The van der Waals surface area contributed by atoms with Crippen LogP contribution >= 0.6 is 11.3 Å². The van der Waals surface area contributed by atoms with Crippen LogP contribution in [0.4, 0.5) is 23.2 Å². The number of nitrogens with one attached hydrogen (secondary N) is 1. The van der Waals surface area contributed by atoms with Crippen molar-refractivity contribution >= 4 is 22.9 Å². The average molecular weight is 431 g/mol. The topological polar surface area (TPSA) is 46.9 Å². The summed E-state index contributed by atoms with van der Waals surface area (Å²) in [6, 6.07) is 16.0. The molecule has 4 rings (SSSR count). The third-order valence-corrected chi connectivity index (χ3v) is 5.16. The van der Waals surface area contributed by atoms with Crippen molar-refractivity contribution in [3.05, 3.63) is 89.2 Å². The number of carbonyl (C=O) groups is 1. The minimum atomic E-state index is -4.59. The Morgan fingerprint density at radius 3 is 2.37 bits per heavy atom. The molecule has 0 aliphatic heterocycles. The summed E-state index contributed by atoms with van der Waals surface area (Å²) in [4.78, 5) is 13.0. The molecule has 0 saturated heterocycles. The molecule has 4 aromatic rings. The van der Waals surface area contributed by atoms with Gasteiger partial charge < -0.3 is 5.32 Å². The fourth-order valence-corrected chi connectivity index (χ4v) is 3.55. The highest BCUT2D eigenvalue weighted by molar-refractivity contribution is 7.13. The molecule has 0 aliphatic carbocycles. The van der Waals surface area contributed by atoms with Gasteiger partial charge in [-0.05, 0) is 53.9 Å². The third-order valence-electron chi connectivity index (χ3n) is 4.27. The Bertz CT molecular complexity index is 1180. The first-order valence-electron chi connectivity index (χ1n) is 8.70. The molecule has 0 aliphatic rings. The van der Waals surface area contributed by atoms with E-state index in [0.717, 1.165) is 6.07 Å². The molecular weight excluding hydrogens is 418 g/mol. The number of amides is 1. The van der Waals surface area contributed by atoms with Crippen molar-refractivity contribution in [2.75, 3.05) is 5.32 Å². The van der Waals surface area contributed by atoms with Gasteiger partial charge in [-0.1, -0.05) is 18.2 Å². The maximum Gasteiger partial charge on any atom is 0.435 e. The van der Waals surface area contributed by atoms with E-state index in [2.05, 4.69) is 10.4 Å². The van der Waals surface area contributed by atoms with Gasteiger partial charge in [0.2, 0.25) is 0 Å². The highest BCUT2D eigenvalue weighted by Gasteiger charge is 2.35. The van der Waals surface area contributed by atoms with Gasteiger partial charge in [-0.3, -0.25) is 4.79 Å². The second-order valence-corrected chi connectivity index (χ2v) is 7.23. The SMILES string of the molecule is O=C(Nc1ccccc1F)c1ccc(-n2nc(C(F)(F)F)cc2-c2cccs2)cc1. The van der Waals surface area contributed by atoms with Crippen molar-refractivity contribution in [1.82, 2.24) is 9.78 Å². The van der Waals surface area contributed by atoms with Crippen LogP contribution in [0.2, 0.25) is 0 Å². The summed E-state index contributed by atoms with van der Waals surface area (Å²) in [5, 5.41) is 7.93. The molecule has 0 saturated carbocycles. The van der Waals surface area contributed by atoms with Crippen LogP contribution in [0.5, 0.6) is 0 Å². The van der Waals surface area contributed by atoms with E-state index in [0.29, 0.717) is 16.3 Å². The molecule has 2 aromatic heterocycles. The van der Waals surface area contributed by atoms with Crippen LogP contribution < -0.4 is 5.32 Å². The van der Waals surface area contributed by atoms with Crippen LogP contribution in [-0.4, -0.2) is 15.7 Å². The molecule has 0 fully saturated rings. The smallest absolute Gasteiger partial charge is 0.319 e. The molecule has 1 amide bonds. The molecule has 30 heavy (non-hydrogen) atoms. The lowest BCUT2D eigenvalue weighted by atomic mass is 10.2. The summed E-state index contributed by atoms with van der Waals surface area (Å²) >= 11 is 1.29. The van der Waals surface area contributed by atoms with E-state index in [1.54, 1.807) is 23.6 Å². The van der Waals surface area contributed by atoms with Crippen LogP contribution in [-0.2, 0) is 6.18 Å². The first kappa shape index (κ1) is 19.8. The lowest BCUT2D eigenvalue weighted by Crippen LogP contribution is -2.13. The Morgan fingerprint density at radius 1 is 1.00 bits per heavy atom. The number of nitrogens with zero attached hydrogens (tertiary/aromatic N) is 2. The van der Waals surface area contributed by atoms with Gasteiger partial charge in [0.05, 0.1) is 21.9 Å². The van der Waals surface area contributed by atoms with E-state index < -0.39 is 23.6 Å². The van der Waals surface area contributed by atoms with E-state index in [-0.39, 0.29) is 11.3 Å². The zero-order valence-electron chi connectivity index (χ0n) is 15.2.